The molecule has 2 amide bonds. The number of anilines is 1. The number of hydrogen-bond acceptors (Lipinski definition) is 3. The number of nitrogens with zero attached hydrogens (tertiary/aromatic N) is 1. The van der Waals surface area contributed by atoms with Gasteiger partial charge >= 0.3 is 6.03 Å². The standard InChI is InChI=1S/C25H26N2O2S/c1-2-19-11-13-22(14-12-19)26-25(28)27-15-16-30-24(27)21-9-6-10-23(17-21)29-18-20-7-4-3-5-8-20/h3-14,17,24H,2,15-16,18H2,1H3,(H,26,28)/t24-/m1/s1. The Morgan fingerprint density at radius 2 is 1.83 bits per heavy atom. The number of thioether (sulfide) groups is 1. The second-order valence-corrected chi connectivity index (χ2v) is 8.43. The molecule has 1 heterocycles. The summed E-state index contributed by atoms with van der Waals surface area (Å²) >= 11 is 1.78. The van der Waals surface area contributed by atoms with Gasteiger partial charge in [0.25, 0.3) is 0 Å². The van der Waals surface area contributed by atoms with Gasteiger partial charge in [-0.15, -0.1) is 11.8 Å². The Kier molecular flexibility index (Phi) is 6.60. The highest BCUT2D eigenvalue weighted by Gasteiger charge is 2.31. The molecular formula is C25H26N2O2S. The number of urea groups is 1. The molecule has 1 aliphatic rings. The van der Waals surface area contributed by atoms with E-state index in [1.165, 1.54) is 5.56 Å². The first-order chi connectivity index (χ1) is 14.7. The average Bonchev–Trinajstić information content (AvgIpc) is 3.29. The van der Waals surface area contributed by atoms with Crippen molar-refractivity contribution in [1.82, 2.24) is 4.90 Å². The molecule has 1 saturated heterocycles. The van der Waals surface area contributed by atoms with E-state index in [9.17, 15) is 4.79 Å². The summed E-state index contributed by atoms with van der Waals surface area (Å²) in [5.74, 6) is 1.74. The number of carbonyl (C=O) groups excluding carboxylic acids is 1. The van der Waals surface area contributed by atoms with E-state index >= 15 is 0 Å². The van der Waals surface area contributed by atoms with E-state index in [0.717, 1.165) is 41.3 Å². The predicted molar refractivity (Wildman–Crippen MR) is 124 cm³/mol. The quantitative estimate of drug-likeness (QED) is 0.525. The normalized spacial score (nSPS) is 15.8. The van der Waals surface area contributed by atoms with E-state index in [-0.39, 0.29) is 11.4 Å². The molecule has 0 unspecified atom stereocenters. The van der Waals surface area contributed by atoms with Gasteiger partial charge < -0.3 is 15.0 Å². The maximum Gasteiger partial charge on any atom is 0.323 e. The molecule has 4 rings (SSSR count). The lowest BCUT2D eigenvalue weighted by Gasteiger charge is -2.25. The first kappa shape index (κ1) is 20.4. The van der Waals surface area contributed by atoms with Crippen molar-refractivity contribution in [3.8, 4) is 5.75 Å². The monoisotopic (exact) mass is 418 g/mol. The fraction of sp³-hybridized carbons (Fsp3) is 0.240. The lowest BCUT2D eigenvalue weighted by molar-refractivity contribution is 0.214. The third-order valence-corrected chi connectivity index (χ3v) is 6.42. The van der Waals surface area contributed by atoms with Gasteiger partial charge in [0.2, 0.25) is 0 Å². The molecule has 3 aromatic rings. The first-order valence-corrected chi connectivity index (χ1v) is 11.3. The van der Waals surface area contributed by atoms with Crippen molar-refractivity contribution in [2.45, 2.75) is 25.3 Å². The Labute approximate surface area is 182 Å². The Hall–Kier alpha value is -2.92. The van der Waals surface area contributed by atoms with Crippen LogP contribution in [0.1, 0.15) is 29.0 Å². The molecule has 0 bridgehead atoms. The minimum absolute atomic E-state index is 0.0137. The minimum atomic E-state index is -0.0649. The van der Waals surface area contributed by atoms with Crippen LogP contribution in [-0.4, -0.2) is 23.2 Å². The van der Waals surface area contributed by atoms with Gasteiger partial charge in [0.1, 0.15) is 17.7 Å². The predicted octanol–water partition coefficient (Wildman–Crippen LogP) is 6.11. The van der Waals surface area contributed by atoms with Crippen molar-refractivity contribution in [3.05, 3.63) is 95.6 Å². The SMILES string of the molecule is CCc1ccc(NC(=O)N2CCS[C@@H]2c2cccc(OCc3ccccc3)c2)cc1. The van der Waals surface area contributed by atoms with Gasteiger partial charge in [0.05, 0.1) is 0 Å². The zero-order valence-electron chi connectivity index (χ0n) is 17.1. The van der Waals surface area contributed by atoms with E-state index in [4.69, 9.17) is 4.74 Å². The van der Waals surface area contributed by atoms with Gasteiger partial charge in [-0.05, 0) is 47.4 Å². The van der Waals surface area contributed by atoms with E-state index in [0.29, 0.717) is 6.61 Å². The Morgan fingerprint density at radius 1 is 1.03 bits per heavy atom. The van der Waals surface area contributed by atoms with Crippen molar-refractivity contribution in [2.75, 3.05) is 17.6 Å². The van der Waals surface area contributed by atoms with Crippen LogP contribution in [0.25, 0.3) is 0 Å². The number of aryl methyl sites for hydroxylation is 1. The Bertz CT molecular complexity index is 976. The third kappa shape index (κ3) is 4.97. The number of rotatable bonds is 6. The number of nitrogens with one attached hydrogen (secondary N) is 1. The van der Waals surface area contributed by atoms with Crippen LogP contribution < -0.4 is 10.1 Å². The second kappa shape index (κ2) is 9.72. The lowest BCUT2D eigenvalue weighted by Crippen LogP contribution is -2.34. The van der Waals surface area contributed by atoms with Crippen LogP contribution in [0.2, 0.25) is 0 Å². The summed E-state index contributed by atoms with van der Waals surface area (Å²) in [5.41, 5.74) is 4.30. The van der Waals surface area contributed by atoms with Crippen LogP contribution in [0.5, 0.6) is 5.75 Å². The van der Waals surface area contributed by atoms with Gasteiger partial charge in [0.15, 0.2) is 0 Å². The zero-order chi connectivity index (χ0) is 20.8. The topological polar surface area (TPSA) is 41.6 Å². The maximum absolute atomic E-state index is 12.9. The molecule has 5 heteroatoms. The fourth-order valence-corrected chi connectivity index (χ4v) is 4.72. The summed E-state index contributed by atoms with van der Waals surface area (Å²) < 4.78 is 5.98. The van der Waals surface area contributed by atoms with Crippen LogP contribution in [0.4, 0.5) is 10.5 Å². The maximum atomic E-state index is 12.9. The molecule has 1 aliphatic heterocycles. The summed E-state index contributed by atoms with van der Waals surface area (Å²) in [6.07, 6.45) is 0.988. The van der Waals surface area contributed by atoms with Gasteiger partial charge in [-0.25, -0.2) is 4.79 Å². The van der Waals surface area contributed by atoms with Crippen LogP contribution in [0.15, 0.2) is 78.9 Å². The van der Waals surface area contributed by atoms with Crippen LogP contribution >= 0.6 is 11.8 Å². The Balaban J connectivity index is 1.42. The molecule has 0 aliphatic carbocycles. The Morgan fingerprint density at radius 3 is 2.60 bits per heavy atom. The summed E-state index contributed by atoms with van der Waals surface area (Å²) in [6, 6.07) is 26.2. The minimum Gasteiger partial charge on any atom is -0.489 e. The van der Waals surface area contributed by atoms with Crippen molar-refractivity contribution in [2.24, 2.45) is 0 Å². The molecule has 0 radical (unpaired) electrons. The first-order valence-electron chi connectivity index (χ1n) is 10.3. The van der Waals surface area contributed by atoms with Crippen molar-refractivity contribution in [1.29, 1.82) is 0 Å². The molecule has 0 aromatic heterocycles. The fourth-order valence-electron chi connectivity index (χ4n) is 3.47. The van der Waals surface area contributed by atoms with Gasteiger partial charge in [-0.2, -0.15) is 0 Å². The van der Waals surface area contributed by atoms with Crippen LogP contribution in [0.3, 0.4) is 0 Å². The summed E-state index contributed by atoms with van der Waals surface area (Å²) in [6.45, 7) is 3.38. The lowest BCUT2D eigenvalue weighted by atomic mass is 10.1. The molecule has 154 valence electrons. The molecule has 1 N–H and O–H groups in total. The summed E-state index contributed by atoms with van der Waals surface area (Å²) in [5, 5.41) is 3.02. The smallest absolute Gasteiger partial charge is 0.323 e. The largest absolute Gasteiger partial charge is 0.489 e. The van der Waals surface area contributed by atoms with Crippen molar-refractivity contribution in [3.63, 3.8) is 0 Å². The number of benzene rings is 3. The van der Waals surface area contributed by atoms with E-state index < -0.39 is 0 Å². The molecule has 30 heavy (non-hydrogen) atoms. The van der Waals surface area contributed by atoms with E-state index in [1.54, 1.807) is 11.8 Å². The van der Waals surface area contributed by atoms with Crippen molar-refractivity contribution < 1.29 is 9.53 Å². The second-order valence-electron chi connectivity index (χ2n) is 7.24. The highest BCUT2D eigenvalue weighted by atomic mass is 32.2. The zero-order valence-corrected chi connectivity index (χ0v) is 17.9. The number of ether oxygens (including phenoxy) is 1. The molecule has 3 aromatic carbocycles. The molecule has 1 atom stereocenters. The number of amides is 2. The van der Waals surface area contributed by atoms with Crippen molar-refractivity contribution >= 4 is 23.5 Å². The van der Waals surface area contributed by atoms with Gasteiger partial charge in [0, 0.05) is 18.0 Å². The third-order valence-electron chi connectivity index (χ3n) is 5.16. The van der Waals surface area contributed by atoms with E-state index in [2.05, 4.69) is 42.6 Å². The molecule has 0 spiro atoms. The average molecular weight is 419 g/mol. The van der Waals surface area contributed by atoms with Gasteiger partial charge in [-0.3, -0.25) is 0 Å². The van der Waals surface area contributed by atoms with Gasteiger partial charge in [-0.1, -0.05) is 61.5 Å². The highest BCUT2D eigenvalue weighted by Crippen LogP contribution is 2.39. The molecule has 1 fully saturated rings. The van der Waals surface area contributed by atoms with Crippen LogP contribution in [-0.2, 0) is 13.0 Å². The summed E-state index contributed by atoms with van der Waals surface area (Å²) in [7, 11) is 0. The molecular weight excluding hydrogens is 392 g/mol. The molecule has 0 saturated carbocycles. The van der Waals surface area contributed by atoms with Crippen LogP contribution in [0, 0.1) is 0 Å². The molecule has 4 nitrogen and oxygen atoms in total. The summed E-state index contributed by atoms with van der Waals surface area (Å²) in [4.78, 5) is 14.8. The highest BCUT2D eigenvalue weighted by molar-refractivity contribution is 7.99. The van der Waals surface area contributed by atoms with E-state index in [1.807, 2.05) is 53.4 Å². The number of hydrogen-bond donors (Lipinski definition) is 1. The number of carbonyl (C=O) groups is 1.